The molecule has 3 nitrogen and oxygen atoms in total. The Bertz CT molecular complexity index is 116. The molecule has 0 spiro atoms. The fourth-order valence-corrected chi connectivity index (χ4v) is 0.696. The summed E-state index contributed by atoms with van der Waals surface area (Å²) in [6, 6.07) is 0. The fraction of sp³-hybridized carbons (Fsp3) is 0.923. The molecule has 0 saturated carbocycles. The maximum Gasteiger partial charge on any atom is 0.293 e. The van der Waals surface area contributed by atoms with E-state index in [9.17, 15) is 4.79 Å². The van der Waals surface area contributed by atoms with E-state index in [1.54, 1.807) is 0 Å². The predicted octanol–water partition coefficient (Wildman–Crippen LogP) is 3.38. The highest BCUT2D eigenvalue weighted by molar-refractivity contribution is 5.37. The third kappa shape index (κ3) is 37.6. The van der Waals surface area contributed by atoms with Gasteiger partial charge >= 0.3 is 0 Å². The molecule has 3 heteroatoms. The number of hydrogen-bond donors (Lipinski definition) is 1. The van der Waals surface area contributed by atoms with Gasteiger partial charge < -0.3 is 10.1 Å². The SMILES string of the molecule is CC.CC(C)(C)OC=O.CCCCCNC. The minimum atomic E-state index is -0.318. The molecule has 0 amide bonds. The molecule has 0 bridgehead atoms. The first-order valence-corrected chi connectivity index (χ1v) is 6.24. The third-order valence-electron chi connectivity index (χ3n) is 1.43. The molecule has 0 radical (unpaired) electrons. The van der Waals surface area contributed by atoms with Gasteiger partial charge in [-0.3, -0.25) is 4.79 Å². The van der Waals surface area contributed by atoms with Crippen LogP contribution >= 0.6 is 0 Å². The summed E-state index contributed by atoms with van der Waals surface area (Å²) in [6.45, 7) is 13.3. The molecule has 0 fully saturated rings. The molecular formula is C13H31NO2. The number of carbonyl (C=O) groups excluding carboxylic acids is 1. The minimum absolute atomic E-state index is 0.318. The van der Waals surface area contributed by atoms with Gasteiger partial charge in [-0.2, -0.15) is 0 Å². The van der Waals surface area contributed by atoms with Crippen LogP contribution in [0.2, 0.25) is 0 Å². The van der Waals surface area contributed by atoms with Gasteiger partial charge in [-0.25, -0.2) is 0 Å². The van der Waals surface area contributed by atoms with Gasteiger partial charge in [-0.05, 0) is 40.8 Å². The number of carbonyl (C=O) groups is 1. The monoisotopic (exact) mass is 233 g/mol. The summed E-state index contributed by atoms with van der Waals surface area (Å²) in [5, 5.41) is 3.10. The van der Waals surface area contributed by atoms with Crippen LogP contribution in [0.15, 0.2) is 0 Å². The van der Waals surface area contributed by atoms with Gasteiger partial charge in [0.15, 0.2) is 0 Å². The summed E-state index contributed by atoms with van der Waals surface area (Å²) in [4.78, 5) is 9.60. The topological polar surface area (TPSA) is 38.3 Å². The summed E-state index contributed by atoms with van der Waals surface area (Å²) >= 11 is 0. The van der Waals surface area contributed by atoms with E-state index in [1.807, 2.05) is 41.7 Å². The first kappa shape index (κ1) is 20.8. The van der Waals surface area contributed by atoms with Crippen molar-refractivity contribution in [1.82, 2.24) is 5.32 Å². The normalized spacial score (nSPS) is 9.19. The Balaban J connectivity index is -0.000000183. The molecule has 0 saturated heterocycles. The second kappa shape index (κ2) is 16.8. The molecule has 0 aliphatic rings. The molecule has 1 N–H and O–H groups in total. The van der Waals surface area contributed by atoms with E-state index >= 15 is 0 Å². The molecule has 0 rings (SSSR count). The van der Waals surface area contributed by atoms with Crippen LogP contribution in [0.4, 0.5) is 0 Å². The Morgan fingerprint density at radius 1 is 1.19 bits per heavy atom. The zero-order valence-electron chi connectivity index (χ0n) is 12.2. The van der Waals surface area contributed by atoms with Crippen LogP contribution in [-0.4, -0.2) is 25.7 Å². The molecule has 0 aliphatic heterocycles. The first-order valence-electron chi connectivity index (χ1n) is 6.24. The van der Waals surface area contributed by atoms with Gasteiger partial charge in [0, 0.05) is 0 Å². The number of rotatable bonds is 5. The van der Waals surface area contributed by atoms with Gasteiger partial charge in [-0.1, -0.05) is 33.6 Å². The van der Waals surface area contributed by atoms with Gasteiger partial charge in [0.05, 0.1) is 0 Å². The zero-order chi connectivity index (χ0) is 13.4. The van der Waals surface area contributed by atoms with Crippen molar-refractivity contribution in [2.24, 2.45) is 0 Å². The fourth-order valence-electron chi connectivity index (χ4n) is 0.696. The largest absolute Gasteiger partial charge is 0.462 e. The van der Waals surface area contributed by atoms with Gasteiger partial charge in [0.25, 0.3) is 6.47 Å². The maximum atomic E-state index is 9.60. The molecular weight excluding hydrogens is 202 g/mol. The van der Waals surface area contributed by atoms with E-state index in [0.29, 0.717) is 6.47 Å². The molecule has 100 valence electrons. The second-order valence-corrected chi connectivity index (χ2v) is 4.14. The maximum absolute atomic E-state index is 9.60. The average Bonchev–Trinajstić information content (AvgIpc) is 2.21. The summed E-state index contributed by atoms with van der Waals surface area (Å²) in [5.41, 5.74) is -0.318. The van der Waals surface area contributed by atoms with Crippen molar-refractivity contribution >= 4 is 6.47 Å². The Hall–Kier alpha value is -0.570. The van der Waals surface area contributed by atoms with Gasteiger partial charge in [-0.15, -0.1) is 0 Å². The van der Waals surface area contributed by atoms with Crippen molar-refractivity contribution in [2.75, 3.05) is 13.6 Å². The lowest BCUT2D eigenvalue weighted by atomic mass is 10.2. The van der Waals surface area contributed by atoms with Gasteiger partial charge in [0.2, 0.25) is 0 Å². The molecule has 0 aromatic heterocycles. The molecule has 0 aromatic rings. The number of ether oxygens (including phenoxy) is 1. The molecule has 0 heterocycles. The first-order chi connectivity index (χ1) is 7.47. The van der Waals surface area contributed by atoms with E-state index in [2.05, 4.69) is 17.0 Å². The predicted molar refractivity (Wildman–Crippen MR) is 71.7 cm³/mol. The van der Waals surface area contributed by atoms with Gasteiger partial charge in [0.1, 0.15) is 5.60 Å². The molecule has 16 heavy (non-hydrogen) atoms. The van der Waals surface area contributed by atoms with Crippen LogP contribution in [-0.2, 0) is 9.53 Å². The summed E-state index contributed by atoms with van der Waals surface area (Å²) < 4.78 is 4.55. The van der Waals surface area contributed by atoms with Crippen molar-refractivity contribution in [3.05, 3.63) is 0 Å². The quantitative estimate of drug-likeness (QED) is 0.584. The lowest BCUT2D eigenvalue weighted by Crippen LogP contribution is -2.17. The summed E-state index contributed by atoms with van der Waals surface area (Å²) in [7, 11) is 2.00. The number of nitrogens with one attached hydrogen (secondary N) is 1. The lowest BCUT2D eigenvalue weighted by Gasteiger charge is -2.14. The Morgan fingerprint density at radius 3 is 1.88 bits per heavy atom. The van der Waals surface area contributed by atoms with E-state index in [-0.39, 0.29) is 5.60 Å². The van der Waals surface area contributed by atoms with Crippen LogP contribution < -0.4 is 5.32 Å². The summed E-state index contributed by atoms with van der Waals surface area (Å²) in [5.74, 6) is 0. The summed E-state index contributed by atoms with van der Waals surface area (Å²) in [6.07, 6.45) is 4.01. The standard InChI is InChI=1S/C6H15N.C5H10O2.C2H6/c1-3-4-5-6-7-2;1-5(2,3)7-4-6;1-2/h7H,3-6H2,1-2H3;4H,1-3H3;1-2H3. The molecule has 0 unspecified atom stereocenters. The highest BCUT2D eigenvalue weighted by Crippen LogP contribution is 2.02. The van der Waals surface area contributed by atoms with Crippen molar-refractivity contribution in [3.63, 3.8) is 0 Å². The zero-order valence-corrected chi connectivity index (χ0v) is 12.2. The van der Waals surface area contributed by atoms with Crippen molar-refractivity contribution in [3.8, 4) is 0 Å². The molecule has 0 aromatic carbocycles. The number of hydrogen-bond acceptors (Lipinski definition) is 3. The van der Waals surface area contributed by atoms with Crippen molar-refractivity contribution in [1.29, 1.82) is 0 Å². The Labute approximate surface area is 102 Å². The van der Waals surface area contributed by atoms with E-state index < -0.39 is 0 Å². The number of unbranched alkanes of at least 4 members (excludes halogenated alkanes) is 2. The van der Waals surface area contributed by atoms with Crippen LogP contribution in [0, 0.1) is 0 Å². The van der Waals surface area contributed by atoms with Crippen molar-refractivity contribution in [2.45, 2.75) is 66.4 Å². The Morgan fingerprint density at radius 2 is 1.69 bits per heavy atom. The smallest absolute Gasteiger partial charge is 0.293 e. The third-order valence-corrected chi connectivity index (χ3v) is 1.43. The van der Waals surface area contributed by atoms with Crippen molar-refractivity contribution < 1.29 is 9.53 Å². The van der Waals surface area contributed by atoms with Crippen LogP contribution in [0.1, 0.15) is 60.8 Å². The minimum Gasteiger partial charge on any atom is -0.462 e. The van der Waals surface area contributed by atoms with Crippen LogP contribution in [0.5, 0.6) is 0 Å². The second-order valence-electron chi connectivity index (χ2n) is 4.14. The molecule has 0 aliphatic carbocycles. The highest BCUT2D eigenvalue weighted by Gasteiger charge is 2.07. The van der Waals surface area contributed by atoms with Crippen LogP contribution in [0.25, 0.3) is 0 Å². The average molecular weight is 233 g/mol. The van der Waals surface area contributed by atoms with E-state index in [0.717, 1.165) is 0 Å². The van der Waals surface area contributed by atoms with Crippen LogP contribution in [0.3, 0.4) is 0 Å². The molecule has 0 atom stereocenters. The van der Waals surface area contributed by atoms with E-state index in [4.69, 9.17) is 0 Å². The lowest BCUT2D eigenvalue weighted by molar-refractivity contribution is -0.138. The Kier molecular flexibility index (Phi) is 21.9. The highest BCUT2D eigenvalue weighted by atomic mass is 16.5. The van der Waals surface area contributed by atoms with E-state index in [1.165, 1.54) is 25.8 Å².